The molecule has 2 unspecified atom stereocenters. The zero-order valence-electron chi connectivity index (χ0n) is 16.2. The van der Waals surface area contributed by atoms with Gasteiger partial charge in [0.2, 0.25) is 5.91 Å². The third-order valence-corrected chi connectivity index (χ3v) is 6.26. The fourth-order valence-electron chi connectivity index (χ4n) is 4.52. The summed E-state index contributed by atoms with van der Waals surface area (Å²) in [5.41, 5.74) is 2.60. The number of alkyl halides is 3. The normalized spacial score (nSPS) is 22.6. The highest BCUT2D eigenvalue weighted by atomic mass is 35.5. The Kier molecular flexibility index (Phi) is 4.00. The number of imidazole rings is 1. The second-order valence-corrected chi connectivity index (χ2v) is 8.86. The van der Waals surface area contributed by atoms with Gasteiger partial charge in [-0.25, -0.2) is 9.50 Å². The predicted octanol–water partition coefficient (Wildman–Crippen LogP) is 4.84. The number of nitrogens with zero attached hydrogens (tertiary/aromatic N) is 4. The van der Waals surface area contributed by atoms with Gasteiger partial charge < -0.3 is 4.90 Å². The summed E-state index contributed by atoms with van der Waals surface area (Å²) in [4.78, 5) is 17.9. The Hall–Kier alpha value is -2.61. The molecule has 30 heavy (non-hydrogen) atoms. The Morgan fingerprint density at radius 2 is 2.00 bits per heavy atom. The number of aromatic nitrogens is 3. The van der Waals surface area contributed by atoms with Crippen molar-refractivity contribution in [1.82, 2.24) is 14.6 Å². The van der Waals surface area contributed by atoms with Gasteiger partial charge in [-0.1, -0.05) is 23.7 Å². The van der Waals surface area contributed by atoms with E-state index in [1.54, 1.807) is 49.0 Å². The number of rotatable bonds is 3. The summed E-state index contributed by atoms with van der Waals surface area (Å²) in [6, 6.07) is 7.24. The maximum absolute atomic E-state index is 13.1. The first-order valence-electron chi connectivity index (χ1n) is 9.59. The smallest absolute Gasteiger partial charge is 0.302 e. The number of carbonyl (C=O) groups excluding carboxylic acids is 1. The first kappa shape index (κ1) is 19.4. The molecular formula is C21H18ClF3N4O. The summed E-state index contributed by atoms with van der Waals surface area (Å²) in [5, 5.41) is 4.55. The van der Waals surface area contributed by atoms with E-state index < -0.39 is 24.0 Å². The lowest BCUT2D eigenvalue weighted by atomic mass is 9.85. The number of hydrogen-bond donors (Lipinski definition) is 0. The molecule has 0 radical (unpaired) electrons. The fraction of sp³-hybridized carbons (Fsp3) is 0.381. The lowest BCUT2D eigenvalue weighted by Crippen LogP contribution is -2.41. The molecule has 0 N–H and O–H groups in total. The Morgan fingerprint density at radius 3 is 2.73 bits per heavy atom. The molecule has 0 bridgehead atoms. The highest BCUT2D eigenvalue weighted by Gasteiger charge is 2.49. The molecule has 156 valence electrons. The molecule has 1 amide bonds. The van der Waals surface area contributed by atoms with E-state index >= 15 is 0 Å². The molecule has 3 heterocycles. The molecule has 1 aromatic carbocycles. The minimum absolute atomic E-state index is 0.126. The molecular weight excluding hydrogens is 417 g/mol. The maximum atomic E-state index is 13.1. The highest BCUT2D eigenvalue weighted by Crippen LogP contribution is 2.57. The van der Waals surface area contributed by atoms with E-state index in [2.05, 4.69) is 10.1 Å². The van der Waals surface area contributed by atoms with Crippen LogP contribution in [-0.2, 0) is 10.2 Å². The van der Waals surface area contributed by atoms with Crippen LogP contribution in [-0.4, -0.2) is 33.2 Å². The molecule has 2 aromatic heterocycles. The van der Waals surface area contributed by atoms with Gasteiger partial charge in [-0.15, -0.1) is 0 Å². The molecule has 1 aliphatic heterocycles. The molecule has 2 aliphatic rings. The van der Waals surface area contributed by atoms with Gasteiger partial charge in [0.05, 0.1) is 5.41 Å². The molecule has 1 fully saturated rings. The van der Waals surface area contributed by atoms with Gasteiger partial charge in [-0.3, -0.25) is 4.79 Å². The quantitative estimate of drug-likeness (QED) is 0.592. The predicted molar refractivity (Wildman–Crippen MR) is 106 cm³/mol. The van der Waals surface area contributed by atoms with Crippen molar-refractivity contribution in [2.24, 2.45) is 0 Å². The lowest BCUT2D eigenvalue weighted by Gasteiger charge is -2.21. The number of benzene rings is 1. The highest BCUT2D eigenvalue weighted by molar-refractivity contribution is 6.29. The maximum Gasteiger partial charge on any atom is 0.406 e. The second kappa shape index (κ2) is 6.20. The van der Waals surface area contributed by atoms with Crippen LogP contribution in [0.15, 0.2) is 36.7 Å². The third kappa shape index (κ3) is 2.96. The van der Waals surface area contributed by atoms with Crippen LogP contribution in [0.5, 0.6) is 0 Å². The first-order chi connectivity index (χ1) is 14.1. The monoisotopic (exact) mass is 434 g/mol. The molecule has 5 rings (SSSR count). The van der Waals surface area contributed by atoms with Crippen molar-refractivity contribution in [1.29, 1.82) is 0 Å². The van der Waals surface area contributed by atoms with Gasteiger partial charge in [-0.2, -0.15) is 18.3 Å². The number of halogens is 4. The van der Waals surface area contributed by atoms with Crippen molar-refractivity contribution in [3.8, 4) is 0 Å². The average Bonchev–Trinajstić information content (AvgIpc) is 3.28. The summed E-state index contributed by atoms with van der Waals surface area (Å²) < 4.78 is 41.0. The minimum Gasteiger partial charge on any atom is -0.302 e. The van der Waals surface area contributed by atoms with Crippen LogP contribution in [0.3, 0.4) is 0 Å². The summed E-state index contributed by atoms with van der Waals surface area (Å²) >= 11 is 6.14. The number of fused-ring (bicyclic) bond motifs is 2. The Balaban J connectivity index is 1.51. The summed E-state index contributed by atoms with van der Waals surface area (Å²) in [6.07, 6.45) is -0.262. The van der Waals surface area contributed by atoms with Crippen LogP contribution in [0.4, 0.5) is 18.9 Å². The SMILES string of the molecule is CC1(C)C(=O)N(CC(F)(F)F)c2cc(C3CC3c3cc(Cl)nn4ccnc34)ccc21. The topological polar surface area (TPSA) is 50.5 Å². The van der Waals surface area contributed by atoms with E-state index in [-0.39, 0.29) is 11.8 Å². The Labute approximate surface area is 175 Å². The van der Waals surface area contributed by atoms with Crippen molar-refractivity contribution >= 4 is 28.8 Å². The van der Waals surface area contributed by atoms with Gasteiger partial charge in [0, 0.05) is 23.6 Å². The van der Waals surface area contributed by atoms with E-state index in [0.717, 1.165) is 28.1 Å². The van der Waals surface area contributed by atoms with E-state index in [4.69, 9.17) is 11.6 Å². The number of carbonyl (C=O) groups is 1. The third-order valence-electron chi connectivity index (χ3n) is 6.08. The standard InChI is InChI=1S/C21H18ClF3N4O/c1-20(2)15-4-3-11(7-16(15)28(19(20)30)10-21(23,24)25)12-8-13(12)14-9-17(22)27-29-6-5-26-18(14)29/h3-7,9,12-13H,8,10H2,1-2H3. The first-order valence-corrected chi connectivity index (χ1v) is 9.97. The summed E-state index contributed by atoms with van der Waals surface area (Å²) in [5.74, 6) is -0.255. The Bertz CT molecular complexity index is 1190. The zero-order chi connectivity index (χ0) is 21.4. The number of anilines is 1. The molecule has 2 atom stereocenters. The summed E-state index contributed by atoms with van der Waals surface area (Å²) in [7, 11) is 0. The fourth-order valence-corrected chi connectivity index (χ4v) is 4.72. The largest absolute Gasteiger partial charge is 0.406 e. The average molecular weight is 435 g/mol. The van der Waals surface area contributed by atoms with Crippen molar-refractivity contribution in [3.05, 3.63) is 58.5 Å². The molecule has 0 saturated heterocycles. The van der Waals surface area contributed by atoms with E-state index in [0.29, 0.717) is 16.4 Å². The zero-order valence-corrected chi connectivity index (χ0v) is 17.0. The van der Waals surface area contributed by atoms with Crippen LogP contribution < -0.4 is 4.90 Å². The van der Waals surface area contributed by atoms with Gasteiger partial charge in [0.25, 0.3) is 0 Å². The van der Waals surface area contributed by atoms with Crippen molar-refractivity contribution in [2.45, 2.75) is 43.7 Å². The molecule has 9 heteroatoms. The van der Waals surface area contributed by atoms with Gasteiger partial charge in [-0.05, 0) is 55.4 Å². The van der Waals surface area contributed by atoms with Crippen LogP contribution in [0, 0.1) is 0 Å². The van der Waals surface area contributed by atoms with Crippen LogP contribution >= 0.6 is 11.6 Å². The van der Waals surface area contributed by atoms with Crippen molar-refractivity contribution < 1.29 is 18.0 Å². The second-order valence-electron chi connectivity index (χ2n) is 8.47. The van der Waals surface area contributed by atoms with Crippen molar-refractivity contribution in [3.63, 3.8) is 0 Å². The lowest BCUT2D eigenvalue weighted by molar-refractivity contribution is -0.134. The molecule has 0 spiro atoms. The van der Waals surface area contributed by atoms with Crippen LogP contribution in [0.25, 0.3) is 5.65 Å². The van der Waals surface area contributed by atoms with Gasteiger partial charge >= 0.3 is 6.18 Å². The van der Waals surface area contributed by atoms with Crippen LogP contribution in [0.1, 0.15) is 48.8 Å². The molecule has 1 saturated carbocycles. The summed E-state index contributed by atoms with van der Waals surface area (Å²) in [6.45, 7) is 2.05. The molecule has 5 nitrogen and oxygen atoms in total. The molecule has 1 aliphatic carbocycles. The van der Waals surface area contributed by atoms with Gasteiger partial charge in [0.1, 0.15) is 11.7 Å². The van der Waals surface area contributed by atoms with E-state index in [1.807, 2.05) is 6.07 Å². The molecule has 3 aromatic rings. The van der Waals surface area contributed by atoms with E-state index in [1.165, 1.54) is 0 Å². The number of hydrogen-bond acceptors (Lipinski definition) is 3. The minimum atomic E-state index is -4.47. The van der Waals surface area contributed by atoms with E-state index in [9.17, 15) is 18.0 Å². The number of amides is 1. The Morgan fingerprint density at radius 1 is 1.23 bits per heavy atom. The van der Waals surface area contributed by atoms with Crippen LogP contribution in [0.2, 0.25) is 5.15 Å². The van der Waals surface area contributed by atoms with Gasteiger partial charge in [0.15, 0.2) is 5.65 Å². The van der Waals surface area contributed by atoms with Crippen molar-refractivity contribution in [2.75, 3.05) is 11.4 Å².